The maximum Gasteiger partial charge on any atom is 0.236 e. The lowest BCUT2D eigenvalue weighted by atomic mass is 9.91. The molecule has 1 aliphatic rings. The molecule has 2 unspecified atom stereocenters. The SMILES string of the molecule is O=C1CN(CCNCC(c2ccc(F)cc2)c2c[nH]c3ccc(Cl)cc23)C(I)N1. The maximum atomic E-state index is 13.5. The molecule has 8 heteroatoms. The van der Waals surface area contributed by atoms with Crippen LogP contribution in [0.2, 0.25) is 5.02 Å². The summed E-state index contributed by atoms with van der Waals surface area (Å²) in [7, 11) is 0. The molecule has 0 saturated carbocycles. The Kier molecular flexibility index (Phi) is 6.38. The first-order chi connectivity index (χ1) is 14.0. The average molecular weight is 527 g/mol. The number of fused-ring (bicyclic) bond motifs is 1. The smallest absolute Gasteiger partial charge is 0.236 e. The first kappa shape index (κ1) is 20.6. The molecule has 152 valence electrons. The third-order valence-electron chi connectivity index (χ3n) is 5.20. The molecule has 4 rings (SSSR count). The van der Waals surface area contributed by atoms with E-state index in [1.54, 1.807) is 0 Å². The van der Waals surface area contributed by atoms with Crippen molar-refractivity contribution in [3.05, 3.63) is 70.6 Å². The molecule has 3 N–H and O–H groups in total. The van der Waals surface area contributed by atoms with Crippen molar-refractivity contribution in [2.45, 2.75) is 10.1 Å². The quantitative estimate of drug-likeness (QED) is 0.190. The summed E-state index contributed by atoms with van der Waals surface area (Å²) in [6, 6.07) is 12.4. The first-order valence-corrected chi connectivity index (χ1v) is 11.0. The molecule has 3 aromatic rings. The van der Waals surface area contributed by atoms with E-state index in [1.165, 1.54) is 12.1 Å². The van der Waals surface area contributed by atoms with E-state index in [4.69, 9.17) is 11.6 Å². The molecule has 0 spiro atoms. The summed E-state index contributed by atoms with van der Waals surface area (Å²) in [6.07, 6.45) is 2.00. The molecule has 2 aromatic carbocycles. The van der Waals surface area contributed by atoms with Gasteiger partial charge in [0.2, 0.25) is 5.91 Å². The van der Waals surface area contributed by atoms with E-state index in [1.807, 2.05) is 36.5 Å². The number of amides is 1. The minimum absolute atomic E-state index is 0.0329. The number of halogens is 3. The van der Waals surface area contributed by atoms with Crippen molar-refractivity contribution in [3.63, 3.8) is 0 Å². The molecular formula is C21H21ClFIN4O. The van der Waals surface area contributed by atoms with Crippen LogP contribution in [0, 0.1) is 5.82 Å². The molecule has 1 aliphatic heterocycles. The summed E-state index contributed by atoms with van der Waals surface area (Å²) in [5.74, 6) is -0.150. The van der Waals surface area contributed by atoms with Gasteiger partial charge in [0, 0.05) is 47.7 Å². The van der Waals surface area contributed by atoms with Gasteiger partial charge in [0.25, 0.3) is 0 Å². The number of nitrogens with one attached hydrogen (secondary N) is 3. The van der Waals surface area contributed by atoms with Crippen LogP contribution in [0.3, 0.4) is 0 Å². The number of carbonyl (C=O) groups excluding carboxylic acids is 1. The Hall–Kier alpha value is -1.68. The number of nitrogens with zero attached hydrogens (tertiary/aromatic N) is 1. The van der Waals surface area contributed by atoms with Gasteiger partial charge in [-0.25, -0.2) is 4.39 Å². The first-order valence-electron chi connectivity index (χ1n) is 9.41. The number of carbonyl (C=O) groups is 1. The van der Waals surface area contributed by atoms with Crippen molar-refractivity contribution in [1.82, 2.24) is 20.5 Å². The fraction of sp³-hybridized carbons (Fsp3) is 0.286. The Morgan fingerprint density at radius 3 is 2.79 bits per heavy atom. The number of alkyl halides is 1. The van der Waals surface area contributed by atoms with Gasteiger partial charge in [-0.1, -0.05) is 23.7 Å². The molecule has 1 fully saturated rings. The molecule has 0 bridgehead atoms. The molecule has 1 aromatic heterocycles. The van der Waals surface area contributed by atoms with Crippen LogP contribution < -0.4 is 10.6 Å². The van der Waals surface area contributed by atoms with Crippen LogP contribution in [0.4, 0.5) is 4.39 Å². The number of hydrogen-bond donors (Lipinski definition) is 3. The summed E-state index contributed by atoms with van der Waals surface area (Å²) in [6.45, 7) is 2.63. The Balaban J connectivity index is 1.52. The number of benzene rings is 2. The number of H-pyrrole nitrogens is 1. The highest BCUT2D eigenvalue weighted by Crippen LogP contribution is 2.32. The minimum atomic E-state index is -0.248. The van der Waals surface area contributed by atoms with Gasteiger partial charge in [-0.2, -0.15) is 0 Å². The number of rotatable bonds is 7. The number of aromatic nitrogens is 1. The topological polar surface area (TPSA) is 60.2 Å². The Morgan fingerprint density at radius 2 is 2.07 bits per heavy atom. The fourth-order valence-corrected chi connectivity index (χ4v) is 4.70. The monoisotopic (exact) mass is 526 g/mol. The highest BCUT2D eigenvalue weighted by molar-refractivity contribution is 14.1. The lowest BCUT2D eigenvalue weighted by Crippen LogP contribution is -2.36. The summed E-state index contributed by atoms with van der Waals surface area (Å²) in [5, 5.41) is 8.14. The van der Waals surface area contributed by atoms with Crippen LogP contribution in [-0.2, 0) is 4.79 Å². The zero-order chi connectivity index (χ0) is 20.4. The van der Waals surface area contributed by atoms with Gasteiger partial charge in [-0.15, -0.1) is 0 Å². The average Bonchev–Trinajstić information content (AvgIpc) is 3.25. The van der Waals surface area contributed by atoms with Crippen LogP contribution in [0.5, 0.6) is 0 Å². The second kappa shape index (κ2) is 8.99. The molecule has 1 amide bonds. The van der Waals surface area contributed by atoms with Crippen LogP contribution in [-0.4, -0.2) is 46.1 Å². The normalized spacial score (nSPS) is 18.3. The van der Waals surface area contributed by atoms with E-state index >= 15 is 0 Å². The summed E-state index contributed by atoms with van der Waals surface area (Å²) < 4.78 is 13.5. The molecule has 5 nitrogen and oxygen atoms in total. The highest BCUT2D eigenvalue weighted by atomic mass is 127. The van der Waals surface area contributed by atoms with Crippen LogP contribution in [0.25, 0.3) is 10.9 Å². The van der Waals surface area contributed by atoms with Gasteiger partial charge >= 0.3 is 0 Å². The standard InChI is InChI=1S/C21H21ClFIN4O/c22-14-3-6-19-16(9-14)18(11-26-19)17(13-1-4-15(23)5-2-13)10-25-7-8-28-12-20(29)27-21(28)24/h1-6,9,11,17,21,25-26H,7-8,10,12H2,(H,27,29). The van der Waals surface area contributed by atoms with Crippen molar-refractivity contribution in [2.24, 2.45) is 0 Å². The number of aromatic amines is 1. The Bertz CT molecular complexity index is 1010. The van der Waals surface area contributed by atoms with Gasteiger partial charge in [0.15, 0.2) is 0 Å². The van der Waals surface area contributed by atoms with Gasteiger partial charge in [0.1, 0.15) is 9.99 Å². The van der Waals surface area contributed by atoms with E-state index in [-0.39, 0.29) is 21.8 Å². The van der Waals surface area contributed by atoms with E-state index in [9.17, 15) is 9.18 Å². The second-order valence-electron chi connectivity index (χ2n) is 7.12. The van der Waals surface area contributed by atoms with E-state index in [0.29, 0.717) is 18.1 Å². The third-order valence-corrected chi connectivity index (χ3v) is 6.53. The van der Waals surface area contributed by atoms with Crippen molar-refractivity contribution < 1.29 is 9.18 Å². The lowest BCUT2D eigenvalue weighted by molar-refractivity contribution is -0.118. The largest absolute Gasteiger partial charge is 0.361 e. The highest BCUT2D eigenvalue weighted by Gasteiger charge is 2.26. The maximum absolute atomic E-state index is 13.5. The summed E-state index contributed by atoms with van der Waals surface area (Å²) in [4.78, 5) is 16.9. The van der Waals surface area contributed by atoms with Crippen LogP contribution >= 0.6 is 34.2 Å². The molecular weight excluding hydrogens is 506 g/mol. The minimum Gasteiger partial charge on any atom is -0.361 e. The van der Waals surface area contributed by atoms with Crippen molar-refractivity contribution in [3.8, 4) is 0 Å². The van der Waals surface area contributed by atoms with E-state index in [2.05, 4.69) is 43.1 Å². The summed E-state index contributed by atoms with van der Waals surface area (Å²) >= 11 is 8.45. The third kappa shape index (κ3) is 4.74. The predicted molar refractivity (Wildman–Crippen MR) is 122 cm³/mol. The number of hydrogen-bond acceptors (Lipinski definition) is 3. The summed E-state index contributed by atoms with van der Waals surface area (Å²) in [5.41, 5.74) is 3.17. The molecule has 2 atom stereocenters. The van der Waals surface area contributed by atoms with Crippen molar-refractivity contribution >= 4 is 51.0 Å². The van der Waals surface area contributed by atoms with Crippen LogP contribution in [0.1, 0.15) is 17.0 Å². The predicted octanol–water partition coefficient (Wildman–Crippen LogP) is 3.83. The van der Waals surface area contributed by atoms with Crippen molar-refractivity contribution in [2.75, 3.05) is 26.2 Å². The zero-order valence-corrected chi connectivity index (χ0v) is 18.5. The van der Waals surface area contributed by atoms with Gasteiger partial charge in [-0.05, 0) is 64.0 Å². The van der Waals surface area contributed by atoms with E-state index < -0.39 is 0 Å². The van der Waals surface area contributed by atoms with Crippen LogP contribution in [0.15, 0.2) is 48.7 Å². The molecule has 0 aliphatic carbocycles. The zero-order valence-electron chi connectivity index (χ0n) is 15.6. The Morgan fingerprint density at radius 1 is 1.28 bits per heavy atom. The van der Waals surface area contributed by atoms with Gasteiger partial charge in [0.05, 0.1) is 6.54 Å². The Labute approximate surface area is 187 Å². The molecule has 1 saturated heterocycles. The van der Waals surface area contributed by atoms with Crippen molar-refractivity contribution in [1.29, 1.82) is 0 Å². The van der Waals surface area contributed by atoms with Gasteiger partial charge in [-0.3, -0.25) is 9.69 Å². The lowest BCUT2D eigenvalue weighted by Gasteiger charge is -2.21. The van der Waals surface area contributed by atoms with E-state index in [0.717, 1.165) is 35.1 Å². The molecule has 29 heavy (non-hydrogen) atoms. The second-order valence-corrected chi connectivity index (χ2v) is 8.73. The molecule has 0 radical (unpaired) electrons. The van der Waals surface area contributed by atoms with Gasteiger partial charge < -0.3 is 15.6 Å². The molecule has 2 heterocycles. The fourth-order valence-electron chi connectivity index (χ4n) is 3.70.